The molecule has 0 saturated heterocycles. The molecule has 170 valence electrons. The van der Waals surface area contributed by atoms with Crippen LogP contribution in [0.1, 0.15) is 92.3 Å². The molecule has 2 aliphatic rings. The van der Waals surface area contributed by atoms with Crippen molar-refractivity contribution in [3.05, 3.63) is 58.7 Å². The van der Waals surface area contributed by atoms with Crippen LogP contribution in [0.15, 0.2) is 36.4 Å². The van der Waals surface area contributed by atoms with E-state index in [9.17, 15) is 14.7 Å². The molecule has 1 aliphatic carbocycles. The van der Waals surface area contributed by atoms with Gasteiger partial charge in [-0.05, 0) is 30.0 Å². The van der Waals surface area contributed by atoms with Crippen LogP contribution in [0.5, 0.6) is 5.75 Å². The predicted molar refractivity (Wildman–Crippen MR) is 123 cm³/mol. The number of ketones is 1. The molecule has 2 atom stereocenters. The molecule has 32 heavy (non-hydrogen) atoms. The maximum atomic E-state index is 13.8. The van der Waals surface area contributed by atoms with Crippen LogP contribution in [0.3, 0.4) is 0 Å². The fourth-order valence-corrected chi connectivity index (χ4v) is 4.91. The molecule has 2 aromatic carbocycles. The summed E-state index contributed by atoms with van der Waals surface area (Å²) in [6.07, 6.45) is 5.29. The minimum atomic E-state index is -2.05. The van der Waals surface area contributed by atoms with Gasteiger partial charge in [0.15, 0.2) is 0 Å². The van der Waals surface area contributed by atoms with Crippen molar-refractivity contribution in [1.29, 1.82) is 0 Å². The highest BCUT2D eigenvalue weighted by Gasteiger charge is 2.72. The Hall–Kier alpha value is -2.86. The summed E-state index contributed by atoms with van der Waals surface area (Å²) in [5.74, 6) is -2.13. The Balaban J connectivity index is 1.75. The lowest BCUT2D eigenvalue weighted by Gasteiger charge is -2.34. The van der Waals surface area contributed by atoms with Gasteiger partial charge in [0.05, 0.1) is 5.56 Å². The summed E-state index contributed by atoms with van der Waals surface area (Å²) in [6, 6.07) is 10.5. The first-order valence-corrected chi connectivity index (χ1v) is 11.6. The van der Waals surface area contributed by atoms with E-state index in [1.54, 1.807) is 24.3 Å². The number of nitrogens with one attached hydrogen (secondary N) is 1. The summed E-state index contributed by atoms with van der Waals surface area (Å²) in [5, 5.41) is 14.8. The molecule has 0 spiro atoms. The number of rotatable bonds is 8. The average molecular weight is 437 g/mol. The number of hydrogen-bond acceptors (Lipinski definition) is 5. The van der Waals surface area contributed by atoms with Crippen LogP contribution in [0.4, 0.5) is 5.69 Å². The van der Waals surface area contributed by atoms with Crippen LogP contribution < -0.4 is 15.8 Å². The molecule has 0 aromatic heterocycles. The Morgan fingerprint density at radius 1 is 1.12 bits per heavy atom. The SMILES string of the molecule is CCCCCCCC(=O)NC12C(=O)c3c(N)cccc3C1(O)Oc1cc(C(C)C)ccc12. The van der Waals surface area contributed by atoms with Crippen molar-refractivity contribution in [2.75, 3.05) is 5.73 Å². The molecule has 1 aliphatic heterocycles. The second-order valence-corrected chi connectivity index (χ2v) is 9.22. The smallest absolute Gasteiger partial charge is 0.271 e. The number of aliphatic hydroxyl groups is 1. The number of benzene rings is 2. The summed E-state index contributed by atoms with van der Waals surface area (Å²) >= 11 is 0. The third-order valence-electron chi connectivity index (χ3n) is 6.71. The Kier molecular flexibility index (Phi) is 5.76. The number of anilines is 1. The van der Waals surface area contributed by atoms with E-state index < -0.39 is 17.1 Å². The number of unbranched alkanes of at least 4 members (excludes halogenated alkanes) is 4. The molecule has 4 rings (SSSR count). The van der Waals surface area contributed by atoms with Crippen molar-refractivity contribution < 1.29 is 19.4 Å². The molecule has 2 unspecified atom stereocenters. The fraction of sp³-hybridized carbons (Fsp3) is 0.462. The van der Waals surface area contributed by atoms with Crippen LogP contribution >= 0.6 is 0 Å². The zero-order valence-electron chi connectivity index (χ0n) is 19.0. The van der Waals surface area contributed by atoms with Gasteiger partial charge in [-0.1, -0.05) is 70.7 Å². The van der Waals surface area contributed by atoms with Gasteiger partial charge < -0.3 is 20.9 Å². The molecule has 6 nitrogen and oxygen atoms in total. The zero-order chi connectivity index (χ0) is 23.1. The van der Waals surface area contributed by atoms with Crippen LogP contribution in [0, 0.1) is 0 Å². The third-order valence-corrected chi connectivity index (χ3v) is 6.71. The van der Waals surface area contributed by atoms with Gasteiger partial charge in [-0.25, -0.2) is 0 Å². The number of Topliss-reactive ketones (excluding diaryl/α,β-unsaturated/α-hetero) is 1. The molecule has 2 aromatic rings. The quantitative estimate of drug-likeness (QED) is 0.418. The van der Waals surface area contributed by atoms with Gasteiger partial charge in [0.25, 0.3) is 5.79 Å². The standard InChI is InChI=1S/C26H32N2O4/c1-4-5-6-7-8-12-22(29)28-25-18-14-13-17(16(2)3)15-21(18)32-26(25,31)19-10-9-11-20(27)23(19)24(25)30/h9-11,13-16,31H,4-8,12,27H2,1-3H3,(H,28,29). The average Bonchev–Trinajstić information content (AvgIpc) is 3.11. The second-order valence-electron chi connectivity index (χ2n) is 9.22. The van der Waals surface area contributed by atoms with Crippen LogP contribution in [0.2, 0.25) is 0 Å². The van der Waals surface area contributed by atoms with Crippen molar-refractivity contribution in [2.24, 2.45) is 0 Å². The Morgan fingerprint density at radius 2 is 1.88 bits per heavy atom. The third kappa shape index (κ3) is 3.20. The minimum absolute atomic E-state index is 0.205. The summed E-state index contributed by atoms with van der Waals surface area (Å²) in [6.45, 7) is 6.26. The van der Waals surface area contributed by atoms with Crippen molar-refractivity contribution in [3.8, 4) is 5.75 Å². The van der Waals surface area contributed by atoms with E-state index in [4.69, 9.17) is 10.5 Å². The summed E-state index contributed by atoms with van der Waals surface area (Å²) in [5.41, 5.74) is 6.60. The highest BCUT2D eigenvalue weighted by molar-refractivity contribution is 6.15. The summed E-state index contributed by atoms with van der Waals surface area (Å²) in [7, 11) is 0. The second kappa shape index (κ2) is 8.24. The van der Waals surface area contributed by atoms with E-state index in [1.165, 1.54) is 0 Å². The maximum absolute atomic E-state index is 13.8. The van der Waals surface area contributed by atoms with Gasteiger partial charge in [-0.15, -0.1) is 0 Å². The van der Waals surface area contributed by atoms with Crippen LogP contribution in [-0.4, -0.2) is 16.8 Å². The number of nitrogen functional groups attached to an aromatic ring is 1. The Labute approximate surface area is 189 Å². The monoisotopic (exact) mass is 436 g/mol. The summed E-state index contributed by atoms with van der Waals surface area (Å²) in [4.78, 5) is 26.8. The van der Waals surface area contributed by atoms with E-state index in [0.29, 0.717) is 11.3 Å². The van der Waals surface area contributed by atoms with Gasteiger partial charge >= 0.3 is 0 Å². The highest BCUT2D eigenvalue weighted by atomic mass is 16.6. The molecule has 0 saturated carbocycles. The molecule has 4 N–H and O–H groups in total. The van der Waals surface area contributed by atoms with Gasteiger partial charge in [-0.3, -0.25) is 9.59 Å². The number of amides is 1. The maximum Gasteiger partial charge on any atom is 0.271 e. The number of nitrogens with two attached hydrogens (primary N) is 1. The molecular formula is C26H32N2O4. The lowest BCUT2D eigenvalue weighted by atomic mass is 9.82. The minimum Gasteiger partial charge on any atom is -0.454 e. The Morgan fingerprint density at radius 3 is 2.59 bits per heavy atom. The topological polar surface area (TPSA) is 102 Å². The lowest BCUT2D eigenvalue weighted by molar-refractivity contribution is -0.175. The first kappa shape index (κ1) is 22.3. The molecule has 1 amide bonds. The van der Waals surface area contributed by atoms with E-state index in [1.807, 2.05) is 12.1 Å². The van der Waals surface area contributed by atoms with Crippen LogP contribution in [0.25, 0.3) is 0 Å². The first-order chi connectivity index (χ1) is 15.3. The predicted octanol–water partition coefficient (Wildman–Crippen LogP) is 4.50. The summed E-state index contributed by atoms with van der Waals surface area (Å²) < 4.78 is 6.09. The van der Waals surface area contributed by atoms with E-state index in [0.717, 1.165) is 37.7 Å². The number of fused-ring (bicyclic) bond motifs is 5. The van der Waals surface area contributed by atoms with Crippen molar-refractivity contribution in [1.82, 2.24) is 5.32 Å². The number of ether oxygens (including phenoxy) is 1. The first-order valence-electron chi connectivity index (χ1n) is 11.6. The van der Waals surface area contributed by atoms with Gasteiger partial charge in [0, 0.05) is 23.2 Å². The molecule has 1 heterocycles. The number of carbonyl (C=O) groups is 2. The number of hydrogen-bond donors (Lipinski definition) is 3. The van der Waals surface area contributed by atoms with Crippen molar-refractivity contribution in [2.45, 2.75) is 76.5 Å². The molecule has 0 bridgehead atoms. The molecule has 0 fully saturated rings. The van der Waals surface area contributed by atoms with Gasteiger partial charge in [0.2, 0.25) is 17.2 Å². The molecule has 0 radical (unpaired) electrons. The molecule has 6 heteroatoms. The molecular weight excluding hydrogens is 404 g/mol. The van der Waals surface area contributed by atoms with E-state index in [2.05, 4.69) is 26.1 Å². The highest BCUT2D eigenvalue weighted by Crippen LogP contribution is 2.59. The van der Waals surface area contributed by atoms with Crippen molar-refractivity contribution in [3.63, 3.8) is 0 Å². The fourth-order valence-electron chi connectivity index (χ4n) is 4.91. The van der Waals surface area contributed by atoms with E-state index in [-0.39, 0.29) is 35.1 Å². The van der Waals surface area contributed by atoms with Gasteiger partial charge in [-0.2, -0.15) is 0 Å². The van der Waals surface area contributed by atoms with Crippen LogP contribution in [-0.2, 0) is 16.1 Å². The normalized spacial score (nSPS) is 23.0. The lowest BCUT2D eigenvalue weighted by Crippen LogP contribution is -2.60. The Bertz CT molecular complexity index is 1060. The largest absolute Gasteiger partial charge is 0.454 e. The zero-order valence-corrected chi connectivity index (χ0v) is 19.0. The van der Waals surface area contributed by atoms with E-state index >= 15 is 0 Å². The van der Waals surface area contributed by atoms with Crippen molar-refractivity contribution >= 4 is 17.4 Å². The number of carbonyl (C=O) groups excluding carboxylic acids is 2. The van der Waals surface area contributed by atoms with Gasteiger partial charge in [0.1, 0.15) is 5.75 Å².